The summed E-state index contributed by atoms with van der Waals surface area (Å²) in [5, 5.41) is 4.95. The molecule has 3 rings (SSSR count). The summed E-state index contributed by atoms with van der Waals surface area (Å²) in [6, 6.07) is 6.17. The molecule has 1 unspecified atom stereocenters. The van der Waals surface area contributed by atoms with Gasteiger partial charge in [-0.25, -0.2) is 4.98 Å². The van der Waals surface area contributed by atoms with Crippen molar-refractivity contribution in [2.45, 2.75) is 25.4 Å². The summed E-state index contributed by atoms with van der Waals surface area (Å²) < 4.78 is 6.89. The number of ether oxygens (including phenoxy) is 1. The molecule has 1 aliphatic heterocycles. The van der Waals surface area contributed by atoms with Crippen LogP contribution in [0.4, 0.5) is 0 Å². The molecule has 0 saturated heterocycles. The predicted molar refractivity (Wildman–Crippen MR) is 97.1 cm³/mol. The van der Waals surface area contributed by atoms with Crippen LogP contribution >= 0.6 is 23.1 Å². The number of fused-ring (bicyclic) bond motifs is 1. The highest BCUT2D eigenvalue weighted by Crippen LogP contribution is 2.31. The lowest BCUT2D eigenvalue weighted by Gasteiger charge is -2.10. The second-order valence-electron chi connectivity index (χ2n) is 5.42. The highest BCUT2D eigenvalue weighted by atomic mass is 32.2. The Bertz CT molecular complexity index is 729. The van der Waals surface area contributed by atoms with Crippen LogP contribution < -0.4 is 10.1 Å². The molecule has 2 aromatic rings. The van der Waals surface area contributed by atoms with Gasteiger partial charge >= 0.3 is 0 Å². The van der Waals surface area contributed by atoms with E-state index in [2.05, 4.69) is 22.2 Å². The first-order valence-corrected chi connectivity index (χ1v) is 9.36. The Kier molecular flexibility index (Phi) is 5.30. The van der Waals surface area contributed by atoms with Crippen molar-refractivity contribution >= 4 is 44.6 Å². The molecule has 23 heavy (non-hydrogen) atoms. The summed E-state index contributed by atoms with van der Waals surface area (Å²) in [7, 11) is 1.95. The maximum Gasteiger partial charge on any atom is 0.149 e. The fourth-order valence-corrected chi connectivity index (χ4v) is 4.21. The zero-order valence-electron chi connectivity index (χ0n) is 13.1. The van der Waals surface area contributed by atoms with E-state index >= 15 is 0 Å². The van der Waals surface area contributed by atoms with Crippen molar-refractivity contribution in [1.82, 2.24) is 10.3 Å². The number of aldehydes is 1. The number of thioether (sulfide) groups is 1. The van der Waals surface area contributed by atoms with Gasteiger partial charge in [0.05, 0.1) is 16.8 Å². The van der Waals surface area contributed by atoms with Crippen molar-refractivity contribution in [3.8, 4) is 5.75 Å². The molecule has 1 N–H and O–H groups in total. The number of rotatable bonds is 7. The summed E-state index contributed by atoms with van der Waals surface area (Å²) >= 11 is 3.19. The summed E-state index contributed by atoms with van der Waals surface area (Å²) in [4.78, 5) is 19.8. The Morgan fingerprint density at radius 2 is 2.39 bits per heavy atom. The van der Waals surface area contributed by atoms with Crippen molar-refractivity contribution < 1.29 is 9.53 Å². The van der Waals surface area contributed by atoms with Crippen LogP contribution in [0.3, 0.4) is 0 Å². The Labute approximate surface area is 143 Å². The SMILES string of the molecule is CNC(C)CCOc1ccc2nc(C3=N[C@@H](C=O)CS3)sc2c1. The molecule has 1 aromatic carbocycles. The third kappa shape index (κ3) is 3.91. The molecule has 0 spiro atoms. The maximum absolute atomic E-state index is 10.8. The van der Waals surface area contributed by atoms with Gasteiger partial charge in [-0.15, -0.1) is 23.1 Å². The minimum Gasteiger partial charge on any atom is -0.493 e. The van der Waals surface area contributed by atoms with Gasteiger partial charge in [0.25, 0.3) is 0 Å². The van der Waals surface area contributed by atoms with Gasteiger partial charge in [0.15, 0.2) is 0 Å². The third-order valence-corrected chi connectivity index (χ3v) is 5.92. The fraction of sp³-hybridized carbons (Fsp3) is 0.438. The first-order chi connectivity index (χ1) is 11.2. The molecule has 2 heterocycles. The maximum atomic E-state index is 10.8. The monoisotopic (exact) mass is 349 g/mol. The minimum atomic E-state index is -0.227. The first-order valence-electron chi connectivity index (χ1n) is 7.56. The van der Waals surface area contributed by atoms with Crippen LogP contribution in [0.15, 0.2) is 23.2 Å². The van der Waals surface area contributed by atoms with Gasteiger partial charge < -0.3 is 14.8 Å². The number of thiazole rings is 1. The van der Waals surface area contributed by atoms with Crippen LogP contribution in [0.25, 0.3) is 10.2 Å². The van der Waals surface area contributed by atoms with Crippen molar-refractivity contribution in [2.75, 3.05) is 19.4 Å². The number of aromatic nitrogens is 1. The van der Waals surface area contributed by atoms with Crippen LogP contribution in [0.2, 0.25) is 0 Å². The normalized spacial score (nSPS) is 18.9. The zero-order chi connectivity index (χ0) is 16.2. The van der Waals surface area contributed by atoms with E-state index in [1.807, 2.05) is 25.2 Å². The molecule has 0 radical (unpaired) electrons. The largest absolute Gasteiger partial charge is 0.493 e. The van der Waals surface area contributed by atoms with E-state index in [0.29, 0.717) is 18.4 Å². The Hall–Kier alpha value is -1.44. The van der Waals surface area contributed by atoms with Gasteiger partial charge in [0.2, 0.25) is 0 Å². The molecular weight excluding hydrogens is 330 g/mol. The quantitative estimate of drug-likeness (QED) is 0.779. The van der Waals surface area contributed by atoms with Crippen molar-refractivity contribution in [2.24, 2.45) is 4.99 Å². The van der Waals surface area contributed by atoms with E-state index in [9.17, 15) is 4.79 Å². The molecule has 122 valence electrons. The number of nitrogens with one attached hydrogen (secondary N) is 1. The lowest BCUT2D eigenvalue weighted by Crippen LogP contribution is -2.23. The first kappa shape index (κ1) is 16.4. The van der Waals surface area contributed by atoms with Crippen molar-refractivity contribution in [3.05, 3.63) is 23.2 Å². The number of aliphatic imine (C=N–C) groups is 1. The van der Waals surface area contributed by atoms with Crippen LogP contribution in [0, 0.1) is 0 Å². The Morgan fingerprint density at radius 3 is 3.13 bits per heavy atom. The second kappa shape index (κ2) is 7.42. The molecule has 0 fully saturated rings. The van der Waals surface area contributed by atoms with E-state index < -0.39 is 0 Å². The molecule has 0 bridgehead atoms. The van der Waals surface area contributed by atoms with E-state index in [-0.39, 0.29) is 6.04 Å². The molecule has 1 aromatic heterocycles. The molecule has 7 heteroatoms. The second-order valence-corrected chi connectivity index (χ2v) is 7.46. The Morgan fingerprint density at radius 1 is 1.52 bits per heavy atom. The summed E-state index contributed by atoms with van der Waals surface area (Å²) in [5.41, 5.74) is 0.943. The number of carbonyl (C=O) groups is 1. The van der Waals surface area contributed by atoms with Crippen molar-refractivity contribution in [1.29, 1.82) is 0 Å². The molecule has 0 aliphatic carbocycles. The smallest absolute Gasteiger partial charge is 0.149 e. The van der Waals surface area contributed by atoms with E-state index in [1.165, 1.54) is 0 Å². The van der Waals surface area contributed by atoms with Crippen LogP contribution in [-0.2, 0) is 4.79 Å². The van der Waals surface area contributed by atoms with Gasteiger partial charge in [-0.3, -0.25) is 4.99 Å². The van der Waals surface area contributed by atoms with Crippen LogP contribution in [0.1, 0.15) is 18.4 Å². The molecular formula is C16H19N3O2S2. The highest BCUT2D eigenvalue weighted by Gasteiger charge is 2.21. The average molecular weight is 349 g/mol. The van der Waals surface area contributed by atoms with E-state index in [4.69, 9.17) is 4.74 Å². The number of benzene rings is 1. The number of hydrogen-bond acceptors (Lipinski definition) is 7. The van der Waals surface area contributed by atoms with Gasteiger partial charge in [-0.2, -0.15) is 0 Å². The molecule has 1 aliphatic rings. The van der Waals surface area contributed by atoms with Crippen LogP contribution in [-0.4, -0.2) is 47.8 Å². The highest BCUT2D eigenvalue weighted by molar-refractivity contribution is 8.15. The number of carbonyl (C=O) groups excluding carboxylic acids is 1. The van der Waals surface area contributed by atoms with Gasteiger partial charge in [0.1, 0.15) is 28.1 Å². The number of nitrogens with zero attached hydrogens (tertiary/aromatic N) is 2. The zero-order valence-corrected chi connectivity index (χ0v) is 14.7. The lowest BCUT2D eigenvalue weighted by molar-refractivity contribution is -0.108. The average Bonchev–Trinajstić information content (AvgIpc) is 3.20. The summed E-state index contributed by atoms with van der Waals surface area (Å²) in [5.74, 6) is 1.58. The molecule has 0 saturated carbocycles. The topological polar surface area (TPSA) is 63.6 Å². The van der Waals surface area contributed by atoms with E-state index in [0.717, 1.165) is 38.7 Å². The molecule has 5 nitrogen and oxygen atoms in total. The standard InChI is InChI=1S/C16H19N3O2S2/c1-10(17-2)5-6-21-12-3-4-13-14(7-12)23-16(19-13)15-18-11(8-20)9-22-15/h3-4,7-8,10-11,17H,5-6,9H2,1-2H3/t10?,11-/m0/s1. The Balaban J connectivity index is 1.72. The van der Waals surface area contributed by atoms with E-state index in [1.54, 1.807) is 23.1 Å². The molecule has 2 atom stereocenters. The lowest BCUT2D eigenvalue weighted by atomic mass is 10.2. The van der Waals surface area contributed by atoms with Crippen molar-refractivity contribution in [3.63, 3.8) is 0 Å². The predicted octanol–water partition coefficient (Wildman–Crippen LogP) is 2.73. The van der Waals surface area contributed by atoms with Gasteiger partial charge in [0, 0.05) is 11.8 Å². The van der Waals surface area contributed by atoms with Gasteiger partial charge in [-0.05, 0) is 38.6 Å². The fourth-order valence-electron chi connectivity index (χ4n) is 2.16. The third-order valence-electron chi connectivity index (χ3n) is 3.69. The number of hydrogen-bond donors (Lipinski definition) is 1. The summed E-state index contributed by atoms with van der Waals surface area (Å²) in [6.07, 6.45) is 1.86. The van der Waals surface area contributed by atoms with Gasteiger partial charge in [-0.1, -0.05) is 0 Å². The molecule has 0 amide bonds. The van der Waals surface area contributed by atoms with Crippen LogP contribution in [0.5, 0.6) is 5.75 Å². The summed E-state index contributed by atoms with van der Waals surface area (Å²) in [6.45, 7) is 2.82. The minimum absolute atomic E-state index is 0.227.